The molecule has 4 heteroatoms. The lowest BCUT2D eigenvalue weighted by atomic mass is 10.1. The van der Waals surface area contributed by atoms with Crippen molar-refractivity contribution in [1.82, 2.24) is 0 Å². The largest absolute Gasteiger partial charge is 0.478 e. The van der Waals surface area contributed by atoms with Crippen molar-refractivity contribution in [3.63, 3.8) is 0 Å². The molecular weight excluding hydrogens is 266 g/mol. The minimum atomic E-state index is -1.07. The molecule has 0 saturated carbocycles. The van der Waals surface area contributed by atoms with Crippen LogP contribution < -0.4 is 10.5 Å². The van der Waals surface area contributed by atoms with Gasteiger partial charge in [-0.05, 0) is 23.6 Å². The molecule has 104 valence electrons. The van der Waals surface area contributed by atoms with Crippen molar-refractivity contribution in [3.05, 3.63) is 66.2 Å². The van der Waals surface area contributed by atoms with Crippen LogP contribution in [0.1, 0.15) is 10.4 Å². The number of nitrogens with two attached hydrogens (primary N) is 1. The molecule has 3 rings (SSSR count). The number of carboxylic acids is 1. The summed E-state index contributed by atoms with van der Waals surface area (Å²) in [6.07, 6.45) is 0. The maximum atomic E-state index is 11.3. The van der Waals surface area contributed by atoms with Crippen LogP contribution in [0.25, 0.3) is 10.8 Å². The molecule has 3 aromatic carbocycles. The fraction of sp³-hybridized carbons (Fsp3) is 0. The second-order valence-electron chi connectivity index (χ2n) is 4.61. The van der Waals surface area contributed by atoms with E-state index in [-0.39, 0.29) is 11.3 Å². The third-order valence-corrected chi connectivity index (χ3v) is 3.24. The Morgan fingerprint density at radius 2 is 1.67 bits per heavy atom. The monoisotopic (exact) mass is 279 g/mol. The van der Waals surface area contributed by atoms with Crippen LogP contribution in [0.3, 0.4) is 0 Å². The van der Waals surface area contributed by atoms with Crippen molar-refractivity contribution in [1.29, 1.82) is 0 Å². The van der Waals surface area contributed by atoms with Crippen molar-refractivity contribution in [3.8, 4) is 11.5 Å². The number of nitrogen functional groups attached to an aromatic ring is 1. The van der Waals surface area contributed by atoms with Crippen LogP contribution in [-0.2, 0) is 0 Å². The molecule has 0 heterocycles. The summed E-state index contributed by atoms with van der Waals surface area (Å²) in [5, 5.41) is 11.2. The highest BCUT2D eigenvalue weighted by atomic mass is 16.5. The second kappa shape index (κ2) is 5.17. The predicted octanol–water partition coefficient (Wildman–Crippen LogP) is 3.91. The zero-order chi connectivity index (χ0) is 14.8. The Morgan fingerprint density at radius 1 is 0.952 bits per heavy atom. The number of para-hydroxylation sites is 1. The fourth-order valence-electron chi connectivity index (χ4n) is 2.23. The molecule has 0 fully saturated rings. The summed E-state index contributed by atoms with van der Waals surface area (Å²) in [6.45, 7) is 0. The summed E-state index contributed by atoms with van der Waals surface area (Å²) < 4.78 is 5.81. The standard InChI is InChI=1S/C17H13NO3/c18-14-9-4-8-13(17(19)20)16(14)21-15-10-3-6-11-5-1-2-7-12(11)15/h1-10H,18H2,(H,19,20). The van der Waals surface area contributed by atoms with E-state index in [2.05, 4.69) is 0 Å². The number of benzene rings is 3. The van der Waals surface area contributed by atoms with E-state index in [0.29, 0.717) is 11.4 Å². The van der Waals surface area contributed by atoms with E-state index >= 15 is 0 Å². The van der Waals surface area contributed by atoms with Crippen molar-refractivity contribution >= 4 is 22.4 Å². The number of carboxylic acid groups (broad SMARTS) is 1. The first-order valence-corrected chi connectivity index (χ1v) is 6.44. The summed E-state index contributed by atoms with van der Waals surface area (Å²) in [6, 6.07) is 18.0. The van der Waals surface area contributed by atoms with E-state index in [1.54, 1.807) is 18.2 Å². The number of hydrogen-bond donors (Lipinski definition) is 2. The third kappa shape index (κ3) is 2.39. The van der Waals surface area contributed by atoms with Crippen molar-refractivity contribution < 1.29 is 14.6 Å². The van der Waals surface area contributed by atoms with Crippen molar-refractivity contribution in [2.45, 2.75) is 0 Å². The molecule has 21 heavy (non-hydrogen) atoms. The molecule has 0 aliphatic carbocycles. The summed E-state index contributed by atoms with van der Waals surface area (Å²) in [5.41, 5.74) is 6.20. The molecule has 4 nitrogen and oxygen atoms in total. The number of aromatic carboxylic acids is 1. The second-order valence-corrected chi connectivity index (χ2v) is 4.61. The molecule has 0 aliphatic heterocycles. The van der Waals surface area contributed by atoms with Crippen LogP contribution in [0.2, 0.25) is 0 Å². The smallest absolute Gasteiger partial charge is 0.339 e. The molecular formula is C17H13NO3. The average molecular weight is 279 g/mol. The van der Waals surface area contributed by atoms with Gasteiger partial charge in [-0.25, -0.2) is 4.79 Å². The predicted molar refractivity (Wildman–Crippen MR) is 81.8 cm³/mol. The molecule has 0 saturated heterocycles. The van der Waals surface area contributed by atoms with Crippen LogP contribution >= 0.6 is 0 Å². The number of hydrogen-bond acceptors (Lipinski definition) is 3. The van der Waals surface area contributed by atoms with Crippen LogP contribution in [0.5, 0.6) is 11.5 Å². The van der Waals surface area contributed by atoms with Gasteiger partial charge in [-0.15, -0.1) is 0 Å². The van der Waals surface area contributed by atoms with Gasteiger partial charge < -0.3 is 15.6 Å². The van der Waals surface area contributed by atoms with Gasteiger partial charge >= 0.3 is 5.97 Å². The summed E-state index contributed by atoms with van der Waals surface area (Å²) in [4.78, 5) is 11.3. The lowest BCUT2D eigenvalue weighted by Crippen LogP contribution is -2.03. The van der Waals surface area contributed by atoms with Gasteiger partial charge in [-0.3, -0.25) is 0 Å². The molecule has 0 aliphatic rings. The number of carbonyl (C=O) groups is 1. The quantitative estimate of drug-likeness (QED) is 0.713. The number of fused-ring (bicyclic) bond motifs is 1. The molecule has 0 radical (unpaired) electrons. The zero-order valence-electron chi connectivity index (χ0n) is 11.1. The van der Waals surface area contributed by atoms with Gasteiger partial charge in [-0.2, -0.15) is 0 Å². The Bertz CT molecular complexity index is 822. The Morgan fingerprint density at radius 3 is 2.48 bits per heavy atom. The molecule has 0 spiro atoms. The topological polar surface area (TPSA) is 72.6 Å². The van der Waals surface area contributed by atoms with Gasteiger partial charge in [0.2, 0.25) is 0 Å². The molecule has 0 bridgehead atoms. The Labute approximate surface area is 121 Å². The summed E-state index contributed by atoms with van der Waals surface area (Å²) in [7, 11) is 0. The van der Waals surface area contributed by atoms with Crippen molar-refractivity contribution in [2.24, 2.45) is 0 Å². The van der Waals surface area contributed by atoms with Gasteiger partial charge in [0, 0.05) is 5.39 Å². The first kappa shape index (κ1) is 13.0. The highest BCUT2D eigenvalue weighted by Gasteiger charge is 2.15. The van der Waals surface area contributed by atoms with E-state index in [4.69, 9.17) is 10.5 Å². The number of ether oxygens (including phenoxy) is 1. The number of anilines is 1. The van der Waals surface area contributed by atoms with Gasteiger partial charge in [0.05, 0.1) is 5.69 Å². The first-order valence-electron chi connectivity index (χ1n) is 6.44. The first-order chi connectivity index (χ1) is 10.2. The third-order valence-electron chi connectivity index (χ3n) is 3.24. The maximum absolute atomic E-state index is 11.3. The van der Waals surface area contributed by atoms with Gasteiger partial charge in [0.15, 0.2) is 5.75 Å². The molecule has 3 N–H and O–H groups in total. The summed E-state index contributed by atoms with van der Waals surface area (Å²) >= 11 is 0. The SMILES string of the molecule is Nc1cccc(C(=O)O)c1Oc1cccc2ccccc12. The Balaban J connectivity index is 2.13. The highest BCUT2D eigenvalue weighted by Crippen LogP contribution is 2.35. The fourth-order valence-corrected chi connectivity index (χ4v) is 2.23. The summed E-state index contributed by atoms with van der Waals surface area (Å²) in [5.74, 6) is -0.326. The average Bonchev–Trinajstić information content (AvgIpc) is 2.49. The van der Waals surface area contributed by atoms with E-state index in [9.17, 15) is 9.90 Å². The molecule has 0 unspecified atom stereocenters. The normalized spacial score (nSPS) is 10.5. The maximum Gasteiger partial charge on any atom is 0.339 e. The molecule has 0 amide bonds. The van der Waals surface area contributed by atoms with Crippen LogP contribution in [0.4, 0.5) is 5.69 Å². The molecule has 0 aromatic heterocycles. The van der Waals surface area contributed by atoms with Crippen LogP contribution in [0.15, 0.2) is 60.7 Å². The van der Waals surface area contributed by atoms with Crippen LogP contribution in [0, 0.1) is 0 Å². The minimum absolute atomic E-state index is 0.0444. The lowest BCUT2D eigenvalue weighted by molar-refractivity contribution is 0.0694. The Kier molecular flexibility index (Phi) is 3.20. The van der Waals surface area contributed by atoms with E-state index < -0.39 is 5.97 Å². The van der Waals surface area contributed by atoms with E-state index in [1.165, 1.54) is 6.07 Å². The molecule has 0 atom stereocenters. The van der Waals surface area contributed by atoms with Crippen molar-refractivity contribution in [2.75, 3.05) is 5.73 Å². The highest BCUT2D eigenvalue weighted by molar-refractivity contribution is 5.94. The van der Waals surface area contributed by atoms with Gasteiger partial charge in [0.25, 0.3) is 0 Å². The van der Waals surface area contributed by atoms with E-state index in [1.807, 2.05) is 36.4 Å². The number of rotatable bonds is 3. The van der Waals surface area contributed by atoms with Gasteiger partial charge in [-0.1, -0.05) is 42.5 Å². The van der Waals surface area contributed by atoms with Crippen LogP contribution in [-0.4, -0.2) is 11.1 Å². The lowest BCUT2D eigenvalue weighted by Gasteiger charge is -2.13. The van der Waals surface area contributed by atoms with E-state index in [0.717, 1.165) is 10.8 Å². The Hall–Kier alpha value is -3.01. The minimum Gasteiger partial charge on any atom is -0.478 e. The zero-order valence-corrected chi connectivity index (χ0v) is 11.1. The molecule has 3 aromatic rings. The van der Waals surface area contributed by atoms with Gasteiger partial charge in [0.1, 0.15) is 11.3 Å².